The van der Waals surface area contributed by atoms with Crippen molar-refractivity contribution in [2.45, 2.75) is 13.0 Å². The van der Waals surface area contributed by atoms with E-state index in [4.69, 9.17) is 0 Å². The molecule has 6 nitrogen and oxygen atoms in total. The van der Waals surface area contributed by atoms with Gasteiger partial charge in [-0.25, -0.2) is 9.78 Å². The lowest BCUT2D eigenvalue weighted by molar-refractivity contribution is -0.895. The summed E-state index contributed by atoms with van der Waals surface area (Å²) < 4.78 is 0.537. The molecule has 4 heterocycles. The van der Waals surface area contributed by atoms with E-state index < -0.39 is 5.69 Å². The molecule has 0 saturated heterocycles. The molecule has 0 amide bonds. The van der Waals surface area contributed by atoms with Crippen molar-refractivity contribution in [3.63, 3.8) is 0 Å². The molecule has 0 fully saturated rings. The van der Waals surface area contributed by atoms with Gasteiger partial charge in [0.1, 0.15) is 16.1 Å². The molecule has 1 atom stereocenters. The number of likely N-dealkylation sites (N-methyl/N-ethyl adjacent to an activating group) is 1. The number of aromatic nitrogens is 3. The van der Waals surface area contributed by atoms with Crippen molar-refractivity contribution in [3.05, 3.63) is 38.2 Å². The lowest BCUT2D eigenvalue weighted by Gasteiger charge is -2.21. The van der Waals surface area contributed by atoms with Gasteiger partial charge in [0.25, 0.3) is 5.56 Å². The van der Waals surface area contributed by atoms with Gasteiger partial charge < -0.3 is 9.88 Å². The first-order valence-corrected chi connectivity index (χ1v) is 7.32. The van der Waals surface area contributed by atoms with Crippen LogP contribution < -0.4 is 16.1 Å². The van der Waals surface area contributed by atoms with E-state index in [1.807, 2.05) is 0 Å². The first-order valence-electron chi connectivity index (χ1n) is 6.51. The molecule has 3 N–H and O–H groups in total. The summed E-state index contributed by atoms with van der Waals surface area (Å²) in [6.07, 6.45) is 0.957. The SMILES string of the molecule is C[NH+]1CCc2nc3sc4c(=O)[nH]c(=O)[nH]c4c3cc2C1. The second-order valence-corrected chi connectivity index (χ2v) is 6.29. The van der Waals surface area contributed by atoms with E-state index in [-0.39, 0.29) is 5.56 Å². The van der Waals surface area contributed by atoms with Crippen molar-refractivity contribution in [1.82, 2.24) is 15.0 Å². The van der Waals surface area contributed by atoms with Crippen molar-refractivity contribution in [1.29, 1.82) is 0 Å². The van der Waals surface area contributed by atoms with Crippen LogP contribution in [0, 0.1) is 0 Å². The van der Waals surface area contributed by atoms with Crippen LogP contribution in [0.25, 0.3) is 20.4 Å². The topological polar surface area (TPSA) is 83.1 Å². The van der Waals surface area contributed by atoms with Crippen LogP contribution in [0.1, 0.15) is 11.3 Å². The van der Waals surface area contributed by atoms with Gasteiger partial charge in [0.15, 0.2) is 0 Å². The Balaban J connectivity index is 2.12. The molecule has 4 rings (SSSR count). The van der Waals surface area contributed by atoms with Gasteiger partial charge in [0.05, 0.1) is 24.8 Å². The highest BCUT2D eigenvalue weighted by Crippen LogP contribution is 2.30. The van der Waals surface area contributed by atoms with E-state index in [0.29, 0.717) is 10.2 Å². The number of quaternary nitrogens is 1. The van der Waals surface area contributed by atoms with Gasteiger partial charge in [0.2, 0.25) is 0 Å². The maximum absolute atomic E-state index is 11.8. The van der Waals surface area contributed by atoms with Gasteiger partial charge >= 0.3 is 5.69 Å². The van der Waals surface area contributed by atoms with E-state index in [2.05, 4.69) is 28.1 Å². The summed E-state index contributed by atoms with van der Waals surface area (Å²) in [5.74, 6) is 0. The molecule has 7 heteroatoms. The van der Waals surface area contributed by atoms with Crippen molar-refractivity contribution in [2.75, 3.05) is 13.6 Å². The highest BCUT2D eigenvalue weighted by atomic mass is 32.1. The number of thiophene rings is 1. The summed E-state index contributed by atoms with van der Waals surface area (Å²) in [5, 5.41) is 0.877. The zero-order valence-corrected chi connectivity index (χ0v) is 11.7. The lowest BCUT2D eigenvalue weighted by atomic mass is 10.1. The van der Waals surface area contributed by atoms with Gasteiger partial charge in [-0.2, -0.15) is 0 Å². The molecule has 0 saturated carbocycles. The third-order valence-electron chi connectivity index (χ3n) is 3.80. The van der Waals surface area contributed by atoms with Crippen LogP contribution in [-0.2, 0) is 13.0 Å². The number of hydrogen-bond acceptors (Lipinski definition) is 4. The molecule has 0 aliphatic carbocycles. The number of fused-ring (bicyclic) bond motifs is 4. The van der Waals surface area contributed by atoms with E-state index in [1.54, 1.807) is 0 Å². The molecular weight excluding hydrogens is 276 g/mol. The molecule has 0 spiro atoms. The average molecular weight is 289 g/mol. The van der Waals surface area contributed by atoms with Gasteiger partial charge in [-0.3, -0.25) is 9.78 Å². The smallest absolute Gasteiger partial charge is 0.326 e. The van der Waals surface area contributed by atoms with Crippen molar-refractivity contribution >= 4 is 31.8 Å². The van der Waals surface area contributed by atoms with Crippen LogP contribution in [0.2, 0.25) is 0 Å². The fourth-order valence-electron chi connectivity index (χ4n) is 2.80. The van der Waals surface area contributed by atoms with Crippen LogP contribution in [0.3, 0.4) is 0 Å². The zero-order valence-electron chi connectivity index (χ0n) is 10.9. The maximum Gasteiger partial charge on any atom is 0.326 e. The Morgan fingerprint density at radius 1 is 1.35 bits per heavy atom. The minimum Gasteiger partial charge on any atom is -0.333 e. The second kappa shape index (κ2) is 4.00. The summed E-state index contributed by atoms with van der Waals surface area (Å²) in [5.41, 5.74) is 2.13. The van der Waals surface area contributed by atoms with E-state index in [0.717, 1.165) is 35.4 Å². The van der Waals surface area contributed by atoms with Crippen LogP contribution in [0.15, 0.2) is 15.7 Å². The van der Waals surface area contributed by atoms with Gasteiger partial charge in [-0.1, -0.05) is 0 Å². The zero-order chi connectivity index (χ0) is 13.9. The van der Waals surface area contributed by atoms with Crippen LogP contribution in [-0.4, -0.2) is 28.5 Å². The molecule has 3 aromatic heterocycles. The third-order valence-corrected chi connectivity index (χ3v) is 4.90. The van der Waals surface area contributed by atoms with Crippen LogP contribution in [0.4, 0.5) is 0 Å². The maximum atomic E-state index is 11.8. The lowest BCUT2D eigenvalue weighted by Crippen LogP contribution is -3.08. The number of aromatic amines is 2. The van der Waals surface area contributed by atoms with Crippen LogP contribution in [0.5, 0.6) is 0 Å². The Hall–Kier alpha value is -1.99. The molecular formula is C13H13N4O2S+. The molecule has 20 heavy (non-hydrogen) atoms. The fraction of sp³-hybridized carbons (Fsp3) is 0.308. The highest BCUT2D eigenvalue weighted by Gasteiger charge is 2.20. The highest BCUT2D eigenvalue weighted by molar-refractivity contribution is 7.25. The summed E-state index contributed by atoms with van der Waals surface area (Å²) >= 11 is 1.34. The molecule has 0 radical (unpaired) electrons. The molecule has 102 valence electrons. The molecule has 1 unspecified atom stereocenters. The Morgan fingerprint density at radius 2 is 2.20 bits per heavy atom. The van der Waals surface area contributed by atoms with E-state index >= 15 is 0 Å². The predicted molar refractivity (Wildman–Crippen MR) is 77.5 cm³/mol. The summed E-state index contributed by atoms with van der Waals surface area (Å²) in [6, 6.07) is 2.08. The predicted octanol–water partition coefficient (Wildman–Crippen LogP) is -0.603. The Labute approximate surface area is 117 Å². The third kappa shape index (κ3) is 1.63. The average Bonchev–Trinajstić information content (AvgIpc) is 2.75. The Kier molecular flexibility index (Phi) is 2.36. The van der Waals surface area contributed by atoms with Gasteiger partial charge in [0, 0.05) is 17.4 Å². The van der Waals surface area contributed by atoms with Crippen LogP contribution >= 0.6 is 11.3 Å². The quantitative estimate of drug-likeness (QED) is 0.517. The number of H-pyrrole nitrogens is 2. The standard InChI is InChI=1S/C13H12N4O2S/c1-17-3-2-8-6(5-17)4-7-9-10(20-12(7)14-8)11(18)16-13(19)15-9/h4H,2-3,5H2,1H3,(H2,15,16,18,19)/p+1. The normalized spacial score (nSPS) is 18.6. The van der Waals surface area contributed by atoms with E-state index in [1.165, 1.54) is 21.8 Å². The Bertz CT molecular complexity index is 953. The minimum atomic E-state index is -0.470. The summed E-state index contributed by atoms with van der Waals surface area (Å²) in [4.78, 5) is 35.2. The number of nitrogens with zero attached hydrogens (tertiary/aromatic N) is 1. The minimum absolute atomic E-state index is 0.340. The largest absolute Gasteiger partial charge is 0.333 e. The number of nitrogens with one attached hydrogen (secondary N) is 3. The van der Waals surface area contributed by atoms with Crippen molar-refractivity contribution in [3.8, 4) is 0 Å². The van der Waals surface area contributed by atoms with Gasteiger partial charge in [-0.15, -0.1) is 11.3 Å². The molecule has 1 aliphatic rings. The first-order chi connectivity index (χ1) is 9.61. The number of hydrogen-bond donors (Lipinski definition) is 3. The van der Waals surface area contributed by atoms with Crippen molar-refractivity contribution < 1.29 is 4.90 Å². The van der Waals surface area contributed by atoms with Gasteiger partial charge in [-0.05, 0) is 6.07 Å². The Morgan fingerprint density at radius 3 is 3.05 bits per heavy atom. The fourth-order valence-corrected chi connectivity index (χ4v) is 3.83. The monoisotopic (exact) mass is 289 g/mol. The molecule has 1 aliphatic heterocycles. The number of rotatable bonds is 0. The number of pyridine rings is 1. The molecule has 3 aromatic rings. The molecule has 0 bridgehead atoms. The summed E-state index contributed by atoms with van der Waals surface area (Å²) in [6.45, 7) is 2.01. The first kappa shape index (κ1) is 11.8. The molecule has 0 aromatic carbocycles. The summed E-state index contributed by atoms with van der Waals surface area (Å²) in [7, 11) is 2.16. The van der Waals surface area contributed by atoms with E-state index in [9.17, 15) is 9.59 Å². The second-order valence-electron chi connectivity index (χ2n) is 5.30. The van der Waals surface area contributed by atoms with Crippen molar-refractivity contribution in [2.24, 2.45) is 0 Å².